The number of phenolic OH excluding ortho intramolecular Hbond substituents is 1. The molecule has 4 heteroatoms. The second-order valence-corrected chi connectivity index (χ2v) is 3.01. The SMILES string of the molecule is Cc1ccc(Cl)c(O)c1CN=C=O. The van der Waals surface area contributed by atoms with Crippen LogP contribution in [0.2, 0.25) is 5.02 Å². The fourth-order valence-electron chi connectivity index (χ4n) is 1.02. The summed E-state index contributed by atoms with van der Waals surface area (Å²) in [5, 5.41) is 9.75. The molecule has 0 saturated heterocycles. The van der Waals surface area contributed by atoms with E-state index in [9.17, 15) is 9.90 Å². The molecule has 3 nitrogen and oxygen atoms in total. The van der Waals surface area contributed by atoms with Crippen molar-refractivity contribution in [2.45, 2.75) is 13.5 Å². The van der Waals surface area contributed by atoms with Crippen molar-refractivity contribution >= 4 is 17.7 Å². The molecule has 0 aliphatic rings. The molecule has 1 aromatic rings. The summed E-state index contributed by atoms with van der Waals surface area (Å²) < 4.78 is 0. The number of rotatable bonds is 2. The summed E-state index contributed by atoms with van der Waals surface area (Å²) in [7, 11) is 0. The van der Waals surface area contributed by atoms with Crippen molar-refractivity contribution < 1.29 is 9.90 Å². The predicted molar refractivity (Wildman–Crippen MR) is 49.7 cm³/mol. The first-order valence-corrected chi connectivity index (χ1v) is 4.05. The van der Waals surface area contributed by atoms with E-state index in [2.05, 4.69) is 4.99 Å². The van der Waals surface area contributed by atoms with E-state index in [0.717, 1.165) is 5.56 Å². The molecule has 0 aliphatic heterocycles. The molecule has 0 bridgehead atoms. The highest BCUT2D eigenvalue weighted by atomic mass is 35.5. The summed E-state index contributed by atoms with van der Waals surface area (Å²) in [6.45, 7) is 1.92. The number of hydrogen-bond donors (Lipinski definition) is 1. The minimum atomic E-state index is -0.0133. The predicted octanol–water partition coefficient (Wildman–Crippen LogP) is 2.19. The lowest BCUT2D eigenvalue weighted by atomic mass is 10.1. The van der Waals surface area contributed by atoms with E-state index in [4.69, 9.17) is 11.6 Å². The Morgan fingerprint density at radius 1 is 1.62 bits per heavy atom. The molecule has 1 rings (SSSR count). The third kappa shape index (κ3) is 2.08. The van der Waals surface area contributed by atoms with Crippen LogP contribution in [-0.4, -0.2) is 11.2 Å². The molecule has 0 fully saturated rings. The Hall–Kier alpha value is -1.31. The van der Waals surface area contributed by atoms with Crippen LogP contribution in [0.25, 0.3) is 0 Å². The molecule has 0 saturated carbocycles. The maximum atomic E-state index is 9.88. The number of benzene rings is 1. The van der Waals surface area contributed by atoms with Crippen molar-refractivity contribution in [3.8, 4) is 5.75 Å². The highest BCUT2D eigenvalue weighted by molar-refractivity contribution is 6.32. The molecule has 1 aromatic carbocycles. The molecule has 0 aliphatic carbocycles. The normalized spacial score (nSPS) is 9.38. The number of carbonyl (C=O) groups excluding carboxylic acids is 1. The van der Waals surface area contributed by atoms with Crippen LogP contribution < -0.4 is 0 Å². The summed E-state index contributed by atoms with van der Waals surface area (Å²) in [5.41, 5.74) is 1.41. The molecule has 0 spiro atoms. The maximum absolute atomic E-state index is 9.88. The second kappa shape index (κ2) is 4.08. The van der Waals surface area contributed by atoms with Crippen molar-refractivity contribution in [1.29, 1.82) is 0 Å². The second-order valence-electron chi connectivity index (χ2n) is 2.60. The molecule has 68 valence electrons. The van der Waals surface area contributed by atoms with E-state index in [-0.39, 0.29) is 17.3 Å². The molecule has 0 heterocycles. The summed E-state index contributed by atoms with van der Waals surface area (Å²) in [6, 6.07) is 3.36. The molecule has 0 atom stereocenters. The number of hydrogen-bond acceptors (Lipinski definition) is 3. The van der Waals surface area contributed by atoms with Crippen LogP contribution in [0.3, 0.4) is 0 Å². The van der Waals surface area contributed by atoms with Gasteiger partial charge in [-0.3, -0.25) is 0 Å². The molecular formula is C9H8ClNO2. The van der Waals surface area contributed by atoms with Crippen LogP contribution in [-0.2, 0) is 11.3 Å². The zero-order valence-electron chi connectivity index (χ0n) is 7.04. The van der Waals surface area contributed by atoms with E-state index in [1.807, 2.05) is 6.92 Å². The van der Waals surface area contributed by atoms with Crippen molar-refractivity contribution in [1.82, 2.24) is 0 Å². The monoisotopic (exact) mass is 197 g/mol. The smallest absolute Gasteiger partial charge is 0.235 e. The number of phenols is 1. The van der Waals surface area contributed by atoms with Gasteiger partial charge < -0.3 is 5.11 Å². The van der Waals surface area contributed by atoms with Gasteiger partial charge in [-0.1, -0.05) is 17.7 Å². The number of halogens is 1. The molecule has 0 radical (unpaired) electrons. The Bertz CT molecular complexity index is 370. The lowest BCUT2D eigenvalue weighted by molar-refractivity contribution is 0.468. The summed E-state index contributed by atoms with van der Waals surface area (Å²) in [5.74, 6) is -0.0133. The fraction of sp³-hybridized carbons (Fsp3) is 0.222. The van der Waals surface area contributed by atoms with Gasteiger partial charge in [-0.25, -0.2) is 9.79 Å². The Balaban J connectivity index is 3.16. The summed E-state index contributed by atoms with van der Waals surface area (Å²) in [4.78, 5) is 13.3. The molecule has 0 aromatic heterocycles. The number of aliphatic imine (C=N–C) groups is 1. The van der Waals surface area contributed by atoms with Crippen molar-refractivity contribution in [3.63, 3.8) is 0 Å². The number of isocyanates is 1. The minimum Gasteiger partial charge on any atom is -0.506 e. The average Bonchev–Trinajstić information content (AvgIpc) is 2.12. The Morgan fingerprint density at radius 2 is 2.31 bits per heavy atom. The lowest BCUT2D eigenvalue weighted by Crippen LogP contribution is -1.88. The molecule has 13 heavy (non-hydrogen) atoms. The van der Waals surface area contributed by atoms with E-state index in [0.29, 0.717) is 5.56 Å². The Labute approximate surface area is 80.7 Å². The largest absolute Gasteiger partial charge is 0.506 e. The minimum absolute atomic E-state index is 0.0133. The van der Waals surface area contributed by atoms with Gasteiger partial charge in [0, 0.05) is 5.56 Å². The van der Waals surface area contributed by atoms with Crippen LogP contribution in [0.1, 0.15) is 11.1 Å². The third-order valence-corrected chi connectivity index (χ3v) is 2.07. The topological polar surface area (TPSA) is 49.7 Å². The first kappa shape index (κ1) is 9.78. The highest BCUT2D eigenvalue weighted by Gasteiger charge is 2.07. The Morgan fingerprint density at radius 3 is 2.92 bits per heavy atom. The van der Waals surface area contributed by atoms with E-state index >= 15 is 0 Å². The summed E-state index contributed by atoms with van der Waals surface area (Å²) >= 11 is 5.67. The zero-order chi connectivity index (χ0) is 9.84. The zero-order valence-corrected chi connectivity index (χ0v) is 7.80. The third-order valence-electron chi connectivity index (χ3n) is 1.77. The van der Waals surface area contributed by atoms with E-state index < -0.39 is 0 Å². The van der Waals surface area contributed by atoms with E-state index in [1.54, 1.807) is 12.1 Å². The van der Waals surface area contributed by atoms with Gasteiger partial charge in [0.05, 0.1) is 11.6 Å². The van der Waals surface area contributed by atoms with Gasteiger partial charge in [0.1, 0.15) is 5.75 Å². The molecule has 0 amide bonds. The fourth-order valence-corrected chi connectivity index (χ4v) is 1.20. The van der Waals surface area contributed by atoms with Crippen molar-refractivity contribution in [3.05, 3.63) is 28.3 Å². The highest BCUT2D eigenvalue weighted by Crippen LogP contribution is 2.30. The number of aryl methyl sites for hydroxylation is 1. The van der Waals surface area contributed by atoms with Gasteiger partial charge >= 0.3 is 0 Å². The van der Waals surface area contributed by atoms with Crippen LogP contribution in [0, 0.1) is 6.92 Å². The van der Waals surface area contributed by atoms with Crippen LogP contribution in [0.15, 0.2) is 17.1 Å². The summed E-state index contributed by atoms with van der Waals surface area (Å²) in [6.07, 6.45) is 1.41. The maximum Gasteiger partial charge on any atom is 0.235 e. The van der Waals surface area contributed by atoms with Crippen LogP contribution in [0.5, 0.6) is 5.75 Å². The average molecular weight is 198 g/mol. The first-order valence-electron chi connectivity index (χ1n) is 3.67. The van der Waals surface area contributed by atoms with Crippen molar-refractivity contribution in [2.75, 3.05) is 0 Å². The lowest BCUT2D eigenvalue weighted by Gasteiger charge is -2.05. The first-order chi connectivity index (χ1) is 6.16. The van der Waals surface area contributed by atoms with Gasteiger partial charge in [-0.15, -0.1) is 0 Å². The van der Waals surface area contributed by atoms with Crippen molar-refractivity contribution in [2.24, 2.45) is 4.99 Å². The van der Waals surface area contributed by atoms with Gasteiger partial charge in [0.25, 0.3) is 0 Å². The standard InChI is InChI=1S/C9H8ClNO2/c1-6-2-3-8(10)9(13)7(6)4-11-5-12/h2-3,13H,4H2,1H3. The van der Waals surface area contributed by atoms with Crippen LogP contribution in [0.4, 0.5) is 0 Å². The number of aromatic hydroxyl groups is 1. The molecule has 0 unspecified atom stereocenters. The van der Waals surface area contributed by atoms with Gasteiger partial charge in [-0.05, 0) is 18.6 Å². The molecular weight excluding hydrogens is 190 g/mol. The molecule has 1 N–H and O–H groups in total. The van der Waals surface area contributed by atoms with E-state index in [1.165, 1.54) is 6.08 Å². The van der Waals surface area contributed by atoms with Gasteiger partial charge in [0.2, 0.25) is 6.08 Å². The Kier molecular flexibility index (Phi) is 3.07. The quantitative estimate of drug-likeness (QED) is 0.584. The number of nitrogens with zero attached hydrogens (tertiary/aromatic N) is 1. The van der Waals surface area contributed by atoms with Gasteiger partial charge in [-0.2, -0.15) is 0 Å². The van der Waals surface area contributed by atoms with Crippen LogP contribution >= 0.6 is 11.6 Å². The van der Waals surface area contributed by atoms with Gasteiger partial charge in [0.15, 0.2) is 0 Å².